The first-order chi connectivity index (χ1) is 11.4. The zero-order valence-electron chi connectivity index (χ0n) is 12.7. The molecule has 0 saturated carbocycles. The number of carbonyl (C=O) groups excluding carboxylic acids is 1. The van der Waals surface area contributed by atoms with Crippen LogP contribution in [0.15, 0.2) is 42.0 Å². The van der Waals surface area contributed by atoms with Crippen molar-refractivity contribution in [3.63, 3.8) is 0 Å². The number of hydrogen-bond acceptors (Lipinski definition) is 1. The Morgan fingerprint density at radius 1 is 1.12 bits per heavy atom. The fourth-order valence-electron chi connectivity index (χ4n) is 2.81. The summed E-state index contributed by atoms with van der Waals surface area (Å²) >= 11 is 5.98. The molecule has 3 rings (SSSR count). The molecule has 124 valence electrons. The number of anilines is 1. The van der Waals surface area contributed by atoms with Gasteiger partial charge in [0, 0.05) is 17.1 Å². The zero-order chi connectivity index (χ0) is 17.4. The summed E-state index contributed by atoms with van der Waals surface area (Å²) < 4.78 is 40.7. The number of halogens is 4. The van der Waals surface area contributed by atoms with Gasteiger partial charge in [-0.15, -0.1) is 0 Å². The third-order valence-electron chi connectivity index (χ3n) is 4.01. The Hall–Kier alpha value is -2.27. The Morgan fingerprint density at radius 2 is 1.88 bits per heavy atom. The van der Waals surface area contributed by atoms with Crippen molar-refractivity contribution in [3.8, 4) is 0 Å². The SMILES string of the molecule is CCC1=C(c2cccc(Cl)c2)C(=O)N(c2ccc(F)c(F)c2F)C1. The van der Waals surface area contributed by atoms with Crippen molar-refractivity contribution < 1.29 is 18.0 Å². The molecule has 0 N–H and O–H groups in total. The quantitative estimate of drug-likeness (QED) is 0.715. The Morgan fingerprint density at radius 3 is 2.54 bits per heavy atom. The molecule has 2 nitrogen and oxygen atoms in total. The molecule has 2 aromatic rings. The van der Waals surface area contributed by atoms with E-state index in [1.165, 1.54) is 0 Å². The Balaban J connectivity index is 2.05. The molecule has 0 aromatic heterocycles. The van der Waals surface area contributed by atoms with Crippen LogP contribution in [0.2, 0.25) is 5.02 Å². The third-order valence-corrected chi connectivity index (χ3v) is 4.24. The summed E-state index contributed by atoms with van der Waals surface area (Å²) in [6, 6.07) is 8.66. The van der Waals surface area contributed by atoms with Crippen molar-refractivity contribution in [2.24, 2.45) is 0 Å². The van der Waals surface area contributed by atoms with E-state index < -0.39 is 23.4 Å². The minimum Gasteiger partial charge on any atom is -0.301 e. The predicted octanol–water partition coefficient (Wildman–Crippen LogP) is 4.97. The molecule has 0 aliphatic carbocycles. The van der Waals surface area contributed by atoms with Gasteiger partial charge in [0.25, 0.3) is 5.91 Å². The zero-order valence-corrected chi connectivity index (χ0v) is 13.5. The smallest absolute Gasteiger partial charge is 0.259 e. The minimum atomic E-state index is -1.59. The lowest BCUT2D eigenvalue weighted by atomic mass is 10.0. The summed E-state index contributed by atoms with van der Waals surface area (Å²) in [4.78, 5) is 13.9. The maximum atomic E-state index is 14.1. The molecule has 6 heteroatoms. The van der Waals surface area contributed by atoms with Crippen LogP contribution in [0.5, 0.6) is 0 Å². The summed E-state index contributed by atoms with van der Waals surface area (Å²) in [5.74, 6) is -4.71. The van der Waals surface area contributed by atoms with Crippen molar-refractivity contribution in [3.05, 3.63) is 70.0 Å². The molecule has 24 heavy (non-hydrogen) atoms. The molecular formula is C18H13ClF3NO. The lowest BCUT2D eigenvalue weighted by Gasteiger charge is -2.18. The molecule has 1 aliphatic heterocycles. The van der Waals surface area contributed by atoms with E-state index in [0.29, 0.717) is 22.6 Å². The summed E-state index contributed by atoms with van der Waals surface area (Å²) in [6.45, 7) is 2.00. The van der Waals surface area contributed by atoms with Gasteiger partial charge in [-0.2, -0.15) is 0 Å². The van der Waals surface area contributed by atoms with Crippen LogP contribution in [-0.4, -0.2) is 12.5 Å². The van der Waals surface area contributed by atoms with E-state index in [0.717, 1.165) is 22.6 Å². The van der Waals surface area contributed by atoms with Gasteiger partial charge in [0.15, 0.2) is 17.5 Å². The highest BCUT2D eigenvalue weighted by Crippen LogP contribution is 2.35. The van der Waals surface area contributed by atoms with Crippen LogP contribution in [0.4, 0.5) is 18.9 Å². The van der Waals surface area contributed by atoms with E-state index in [2.05, 4.69) is 0 Å². The van der Waals surface area contributed by atoms with Gasteiger partial charge in [-0.3, -0.25) is 4.79 Å². The molecule has 1 amide bonds. The van der Waals surface area contributed by atoms with Gasteiger partial charge in [0.1, 0.15) is 0 Å². The highest BCUT2D eigenvalue weighted by molar-refractivity contribution is 6.32. The fourth-order valence-corrected chi connectivity index (χ4v) is 3.00. The molecule has 0 saturated heterocycles. The number of hydrogen-bond donors (Lipinski definition) is 0. The fraction of sp³-hybridized carbons (Fsp3) is 0.167. The second-order valence-corrected chi connectivity index (χ2v) is 5.86. The Kier molecular flexibility index (Phi) is 4.37. The average molecular weight is 352 g/mol. The molecule has 0 unspecified atom stereocenters. The van der Waals surface area contributed by atoms with Gasteiger partial charge in [0.2, 0.25) is 0 Å². The van der Waals surface area contributed by atoms with Gasteiger partial charge >= 0.3 is 0 Å². The molecule has 0 fully saturated rings. The molecular weight excluding hydrogens is 339 g/mol. The monoisotopic (exact) mass is 351 g/mol. The first kappa shape index (κ1) is 16.6. The summed E-state index contributed by atoms with van der Waals surface area (Å²) in [7, 11) is 0. The first-order valence-corrected chi connectivity index (χ1v) is 7.75. The van der Waals surface area contributed by atoms with Gasteiger partial charge < -0.3 is 4.90 Å². The van der Waals surface area contributed by atoms with Gasteiger partial charge in [0.05, 0.1) is 5.69 Å². The standard InChI is InChI=1S/C18H13ClF3NO/c1-2-10-9-23(14-7-6-13(20)16(21)17(14)22)18(24)15(10)11-4-3-5-12(19)8-11/h3-8H,2,9H2,1H3. The molecule has 1 heterocycles. The highest BCUT2D eigenvalue weighted by atomic mass is 35.5. The normalized spacial score (nSPS) is 14.7. The van der Waals surface area contributed by atoms with E-state index in [1.807, 2.05) is 6.92 Å². The lowest BCUT2D eigenvalue weighted by Crippen LogP contribution is -2.28. The van der Waals surface area contributed by atoms with E-state index >= 15 is 0 Å². The maximum Gasteiger partial charge on any atom is 0.259 e. The molecule has 1 aliphatic rings. The number of benzene rings is 2. The Labute approximate surface area is 142 Å². The third kappa shape index (κ3) is 2.69. The molecule has 0 radical (unpaired) electrons. The molecule has 0 atom stereocenters. The molecule has 0 bridgehead atoms. The highest BCUT2D eigenvalue weighted by Gasteiger charge is 2.33. The van der Waals surface area contributed by atoms with Crippen molar-refractivity contribution in [1.82, 2.24) is 0 Å². The van der Waals surface area contributed by atoms with Crippen molar-refractivity contribution in [1.29, 1.82) is 0 Å². The summed E-state index contributed by atoms with van der Waals surface area (Å²) in [5.41, 5.74) is 1.55. The summed E-state index contributed by atoms with van der Waals surface area (Å²) in [5, 5.41) is 0.473. The second-order valence-electron chi connectivity index (χ2n) is 5.43. The second kappa shape index (κ2) is 6.32. The van der Waals surface area contributed by atoms with Crippen molar-refractivity contribution >= 4 is 28.8 Å². The van der Waals surface area contributed by atoms with Crippen LogP contribution < -0.4 is 4.90 Å². The predicted molar refractivity (Wildman–Crippen MR) is 87.3 cm³/mol. The van der Waals surface area contributed by atoms with Crippen LogP contribution in [0, 0.1) is 17.5 Å². The Bertz CT molecular complexity index is 863. The summed E-state index contributed by atoms with van der Waals surface area (Å²) in [6.07, 6.45) is 0.565. The van der Waals surface area contributed by atoms with Gasteiger partial charge in [-0.25, -0.2) is 13.2 Å². The van der Waals surface area contributed by atoms with E-state index in [4.69, 9.17) is 11.6 Å². The van der Waals surface area contributed by atoms with Crippen LogP contribution in [-0.2, 0) is 4.79 Å². The van der Waals surface area contributed by atoms with E-state index in [9.17, 15) is 18.0 Å². The van der Waals surface area contributed by atoms with Crippen LogP contribution >= 0.6 is 11.6 Å². The topological polar surface area (TPSA) is 20.3 Å². The lowest BCUT2D eigenvalue weighted by molar-refractivity contribution is -0.112. The average Bonchev–Trinajstić information content (AvgIpc) is 2.89. The molecule has 2 aromatic carbocycles. The van der Waals surface area contributed by atoms with E-state index in [1.54, 1.807) is 24.3 Å². The van der Waals surface area contributed by atoms with Crippen molar-refractivity contribution in [2.45, 2.75) is 13.3 Å². The van der Waals surface area contributed by atoms with Crippen molar-refractivity contribution in [2.75, 3.05) is 11.4 Å². The van der Waals surface area contributed by atoms with Gasteiger partial charge in [-0.05, 0) is 41.8 Å². The van der Waals surface area contributed by atoms with Crippen LogP contribution in [0.25, 0.3) is 5.57 Å². The van der Waals surface area contributed by atoms with Gasteiger partial charge in [-0.1, -0.05) is 30.7 Å². The van der Waals surface area contributed by atoms with E-state index in [-0.39, 0.29) is 12.2 Å². The maximum absolute atomic E-state index is 14.1. The van der Waals surface area contributed by atoms with Crippen LogP contribution in [0.1, 0.15) is 18.9 Å². The van der Waals surface area contributed by atoms with Crippen LogP contribution in [0.3, 0.4) is 0 Å². The number of nitrogens with zero attached hydrogens (tertiary/aromatic N) is 1. The number of carbonyl (C=O) groups is 1. The number of rotatable bonds is 3. The molecule has 0 spiro atoms. The minimum absolute atomic E-state index is 0.124. The largest absolute Gasteiger partial charge is 0.301 e. The number of amides is 1. The first-order valence-electron chi connectivity index (χ1n) is 7.37.